The van der Waals surface area contributed by atoms with E-state index in [1.54, 1.807) is 42.9 Å². The second-order valence-electron chi connectivity index (χ2n) is 7.73. The van der Waals surface area contributed by atoms with Crippen LogP contribution in [0.25, 0.3) is 11.5 Å². The standard InChI is InChI=1S/C22H22N4O4/c27-21-17-4-1-2-5-18(17)22(28)26(21)10-3-9-25-11-6-15(7-12-25)19-23-24-20(30-19)16-8-13-29-14-16/h1-2,4-5,8,13-15H,3,6-7,9-12H2. The van der Waals surface area contributed by atoms with Crippen molar-refractivity contribution in [2.24, 2.45) is 0 Å². The Morgan fingerprint density at radius 2 is 1.70 bits per heavy atom. The molecule has 0 atom stereocenters. The lowest BCUT2D eigenvalue weighted by molar-refractivity contribution is 0.0645. The number of piperidine rings is 1. The monoisotopic (exact) mass is 406 g/mol. The van der Waals surface area contributed by atoms with E-state index in [0.29, 0.717) is 29.5 Å². The van der Waals surface area contributed by atoms with Crippen LogP contribution in [0.5, 0.6) is 0 Å². The summed E-state index contributed by atoms with van der Waals surface area (Å²) < 4.78 is 10.9. The van der Waals surface area contributed by atoms with Crippen molar-refractivity contribution in [1.82, 2.24) is 20.0 Å². The molecule has 2 amide bonds. The molecule has 0 saturated carbocycles. The number of rotatable bonds is 6. The molecule has 3 aromatic rings. The fourth-order valence-corrected chi connectivity index (χ4v) is 4.20. The number of hydrogen-bond acceptors (Lipinski definition) is 7. The molecule has 1 fully saturated rings. The molecular weight excluding hydrogens is 384 g/mol. The lowest BCUT2D eigenvalue weighted by Gasteiger charge is -2.30. The van der Waals surface area contributed by atoms with Crippen LogP contribution in [-0.2, 0) is 0 Å². The van der Waals surface area contributed by atoms with Gasteiger partial charge in [0, 0.05) is 12.5 Å². The molecule has 0 unspecified atom stereocenters. The fraction of sp³-hybridized carbons (Fsp3) is 0.364. The smallest absolute Gasteiger partial charge is 0.261 e. The molecule has 8 nitrogen and oxygen atoms in total. The average Bonchev–Trinajstić information content (AvgIpc) is 3.52. The highest BCUT2D eigenvalue weighted by Crippen LogP contribution is 2.29. The van der Waals surface area contributed by atoms with Crippen LogP contribution < -0.4 is 0 Å². The summed E-state index contributed by atoms with van der Waals surface area (Å²) in [7, 11) is 0. The summed E-state index contributed by atoms with van der Waals surface area (Å²) in [5.74, 6) is 1.06. The molecular formula is C22H22N4O4. The number of carbonyl (C=O) groups is 2. The van der Waals surface area contributed by atoms with Gasteiger partial charge in [0.15, 0.2) is 0 Å². The van der Waals surface area contributed by atoms with Gasteiger partial charge in [0.1, 0.15) is 6.26 Å². The van der Waals surface area contributed by atoms with Crippen LogP contribution in [-0.4, -0.2) is 58.0 Å². The molecule has 0 bridgehead atoms. The first-order valence-electron chi connectivity index (χ1n) is 10.2. The third-order valence-electron chi connectivity index (χ3n) is 5.88. The Morgan fingerprint density at radius 3 is 2.37 bits per heavy atom. The van der Waals surface area contributed by atoms with E-state index in [1.807, 2.05) is 0 Å². The number of imide groups is 1. The zero-order valence-corrected chi connectivity index (χ0v) is 16.5. The van der Waals surface area contributed by atoms with Gasteiger partial charge in [0.25, 0.3) is 17.7 Å². The maximum atomic E-state index is 12.4. The van der Waals surface area contributed by atoms with E-state index in [1.165, 1.54) is 4.90 Å². The highest BCUT2D eigenvalue weighted by molar-refractivity contribution is 6.21. The van der Waals surface area contributed by atoms with E-state index in [4.69, 9.17) is 8.83 Å². The average molecular weight is 406 g/mol. The second-order valence-corrected chi connectivity index (χ2v) is 7.73. The molecule has 2 aliphatic heterocycles. The first-order chi connectivity index (χ1) is 14.7. The number of furan rings is 1. The normalized spacial score (nSPS) is 17.7. The van der Waals surface area contributed by atoms with E-state index in [9.17, 15) is 9.59 Å². The van der Waals surface area contributed by atoms with Gasteiger partial charge in [-0.15, -0.1) is 10.2 Å². The van der Waals surface area contributed by atoms with E-state index < -0.39 is 0 Å². The lowest BCUT2D eigenvalue weighted by atomic mass is 9.97. The molecule has 0 spiro atoms. The summed E-state index contributed by atoms with van der Waals surface area (Å²) in [4.78, 5) is 28.6. The molecule has 2 aliphatic rings. The van der Waals surface area contributed by atoms with Crippen molar-refractivity contribution in [3.05, 3.63) is 59.9 Å². The topological polar surface area (TPSA) is 92.7 Å². The van der Waals surface area contributed by atoms with Gasteiger partial charge in [0.2, 0.25) is 5.89 Å². The maximum absolute atomic E-state index is 12.4. The lowest BCUT2D eigenvalue weighted by Crippen LogP contribution is -2.37. The summed E-state index contributed by atoms with van der Waals surface area (Å²) in [6, 6.07) is 8.82. The van der Waals surface area contributed by atoms with Gasteiger partial charge in [0.05, 0.1) is 23.0 Å². The van der Waals surface area contributed by atoms with Crippen LogP contribution in [0.1, 0.15) is 51.8 Å². The maximum Gasteiger partial charge on any atom is 0.261 e. The molecule has 0 aliphatic carbocycles. The molecule has 1 saturated heterocycles. The van der Waals surface area contributed by atoms with Gasteiger partial charge >= 0.3 is 0 Å². The van der Waals surface area contributed by atoms with Gasteiger partial charge in [-0.2, -0.15) is 0 Å². The Balaban J connectivity index is 1.10. The Labute approximate surface area is 173 Å². The highest BCUT2D eigenvalue weighted by Gasteiger charge is 2.34. The largest absolute Gasteiger partial charge is 0.472 e. The fourth-order valence-electron chi connectivity index (χ4n) is 4.20. The quantitative estimate of drug-likeness (QED) is 0.580. The Hall–Kier alpha value is -3.26. The van der Waals surface area contributed by atoms with Gasteiger partial charge in [-0.25, -0.2) is 0 Å². The van der Waals surface area contributed by atoms with Crippen LogP contribution in [0.2, 0.25) is 0 Å². The van der Waals surface area contributed by atoms with Gasteiger partial charge in [-0.3, -0.25) is 14.5 Å². The van der Waals surface area contributed by atoms with Crippen LogP contribution in [0.15, 0.2) is 51.7 Å². The van der Waals surface area contributed by atoms with E-state index in [2.05, 4.69) is 15.1 Å². The Morgan fingerprint density at radius 1 is 0.967 bits per heavy atom. The molecule has 4 heterocycles. The first-order valence-corrected chi connectivity index (χ1v) is 10.2. The van der Waals surface area contributed by atoms with Crippen molar-refractivity contribution >= 4 is 11.8 Å². The van der Waals surface area contributed by atoms with Crippen molar-refractivity contribution in [3.63, 3.8) is 0 Å². The summed E-state index contributed by atoms with van der Waals surface area (Å²) >= 11 is 0. The number of nitrogens with zero attached hydrogens (tertiary/aromatic N) is 4. The first kappa shape index (κ1) is 18.7. The van der Waals surface area contributed by atoms with Crippen molar-refractivity contribution < 1.29 is 18.4 Å². The van der Waals surface area contributed by atoms with Crippen molar-refractivity contribution in [1.29, 1.82) is 0 Å². The second kappa shape index (κ2) is 7.87. The minimum atomic E-state index is -0.181. The number of hydrogen-bond donors (Lipinski definition) is 0. The third kappa shape index (κ3) is 3.43. The van der Waals surface area contributed by atoms with Crippen molar-refractivity contribution in [3.8, 4) is 11.5 Å². The van der Waals surface area contributed by atoms with Gasteiger partial charge in [-0.05, 0) is 57.1 Å². The highest BCUT2D eigenvalue weighted by atomic mass is 16.4. The summed E-state index contributed by atoms with van der Waals surface area (Å²) in [5, 5.41) is 8.33. The Kier molecular flexibility index (Phi) is 4.92. The number of benzene rings is 1. The number of likely N-dealkylation sites (tertiary alicyclic amines) is 1. The minimum absolute atomic E-state index is 0.181. The van der Waals surface area contributed by atoms with Crippen LogP contribution in [0, 0.1) is 0 Å². The predicted molar refractivity (Wildman–Crippen MR) is 107 cm³/mol. The van der Waals surface area contributed by atoms with Crippen molar-refractivity contribution in [2.45, 2.75) is 25.2 Å². The van der Waals surface area contributed by atoms with Crippen molar-refractivity contribution in [2.75, 3.05) is 26.2 Å². The Bertz CT molecular complexity index is 1020. The molecule has 1 aromatic carbocycles. The molecule has 8 heteroatoms. The summed E-state index contributed by atoms with van der Waals surface area (Å²) in [6.45, 7) is 3.15. The number of fused-ring (bicyclic) bond motifs is 1. The minimum Gasteiger partial charge on any atom is -0.472 e. The predicted octanol–water partition coefficient (Wildman–Crippen LogP) is 3.20. The molecule has 5 rings (SSSR count). The van der Waals surface area contributed by atoms with E-state index >= 15 is 0 Å². The zero-order valence-electron chi connectivity index (χ0n) is 16.5. The van der Waals surface area contributed by atoms with Crippen LogP contribution in [0.3, 0.4) is 0 Å². The van der Waals surface area contributed by atoms with E-state index in [0.717, 1.165) is 44.5 Å². The molecule has 2 aromatic heterocycles. The number of aromatic nitrogens is 2. The summed E-state index contributed by atoms with van der Waals surface area (Å²) in [6.07, 6.45) is 5.83. The zero-order chi connectivity index (χ0) is 20.5. The molecule has 0 N–H and O–H groups in total. The number of carbonyl (C=O) groups excluding carboxylic acids is 2. The summed E-state index contributed by atoms with van der Waals surface area (Å²) in [5.41, 5.74) is 1.81. The van der Waals surface area contributed by atoms with Crippen LogP contribution in [0.4, 0.5) is 0 Å². The van der Waals surface area contributed by atoms with E-state index in [-0.39, 0.29) is 17.7 Å². The third-order valence-corrected chi connectivity index (χ3v) is 5.88. The number of amides is 2. The van der Waals surface area contributed by atoms with Crippen LogP contribution >= 0.6 is 0 Å². The molecule has 154 valence electrons. The SMILES string of the molecule is O=C1c2ccccc2C(=O)N1CCCN1CCC(c2nnc(-c3ccoc3)o2)CC1. The van der Waals surface area contributed by atoms with Gasteiger partial charge in [-0.1, -0.05) is 12.1 Å². The van der Waals surface area contributed by atoms with Gasteiger partial charge < -0.3 is 13.7 Å². The molecule has 0 radical (unpaired) electrons. The molecule has 30 heavy (non-hydrogen) atoms.